The van der Waals surface area contributed by atoms with Crippen LogP contribution in [0.15, 0.2) is 128 Å². The second kappa shape index (κ2) is 11.6. The number of carbonyl (C=O) groups is 2. The van der Waals surface area contributed by atoms with E-state index in [-0.39, 0.29) is 11.8 Å². The maximum atomic E-state index is 12.8. The minimum Gasteiger partial charge on any atom is -0.324 e. The van der Waals surface area contributed by atoms with Crippen molar-refractivity contribution in [3.63, 3.8) is 0 Å². The first-order valence-electron chi connectivity index (χ1n) is 13.2. The number of amides is 2. The summed E-state index contributed by atoms with van der Waals surface area (Å²) in [6.07, 6.45) is 4.81. The smallest absolute Gasteiger partial charge is 0.255 e. The van der Waals surface area contributed by atoms with Gasteiger partial charge in [0.25, 0.3) is 5.91 Å². The van der Waals surface area contributed by atoms with Crippen molar-refractivity contribution in [3.8, 4) is 22.5 Å². The standard InChI is InChI=1S/C33H25N7O2/c1-2-29(41)35-26-12-8-11-23(21-26)32(42)36-24-14-16-25(17-15-24)37-33-34-19-18-27(38-33)30-28-13-6-7-20-40(28)39-31(30)22-9-4-3-5-10-22/h2-21H,1H2,(H,35,41)(H,36,42)(H,34,37,38). The molecule has 0 fully saturated rings. The number of pyridine rings is 1. The fourth-order valence-corrected chi connectivity index (χ4v) is 4.51. The molecule has 0 spiro atoms. The molecule has 204 valence electrons. The van der Waals surface area contributed by atoms with Crippen molar-refractivity contribution >= 4 is 40.3 Å². The molecule has 0 aliphatic heterocycles. The molecule has 0 saturated heterocycles. The van der Waals surface area contributed by atoms with Crippen molar-refractivity contribution in [1.82, 2.24) is 19.6 Å². The van der Waals surface area contributed by atoms with Crippen LogP contribution in [0.3, 0.4) is 0 Å². The number of fused-ring (bicyclic) bond motifs is 1. The molecule has 0 aliphatic rings. The van der Waals surface area contributed by atoms with Crippen molar-refractivity contribution in [3.05, 3.63) is 134 Å². The van der Waals surface area contributed by atoms with E-state index in [0.717, 1.165) is 33.7 Å². The summed E-state index contributed by atoms with van der Waals surface area (Å²) in [6, 6.07) is 31.7. The molecule has 0 radical (unpaired) electrons. The zero-order valence-electron chi connectivity index (χ0n) is 22.4. The number of nitrogens with one attached hydrogen (secondary N) is 3. The number of rotatable bonds is 8. The quantitative estimate of drug-likeness (QED) is 0.184. The molecule has 3 aromatic heterocycles. The predicted molar refractivity (Wildman–Crippen MR) is 165 cm³/mol. The van der Waals surface area contributed by atoms with E-state index in [0.29, 0.717) is 22.9 Å². The molecule has 9 heteroatoms. The molecular weight excluding hydrogens is 526 g/mol. The Labute approximate surface area is 241 Å². The number of hydrogen-bond donors (Lipinski definition) is 3. The van der Waals surface area contributed by atoms with Crippen LogP contribution >= 0.6 is 0 Å². The largest absolute Gasteiger partial charge is 0.324 e. The van der Waals surface area contributed by atoms with Crippen LogP contribution in [0.5, 0.6) is 0 Å². The summed E-state index contributed by atoms with van der Waals surface area (Å²) in [5.41, 5.74) is 6.70. The summed E-state index contributed by atoms with van der Waals surface area (Å²) >= 11 is 0. The van der Waals surface area contributed by atoms with Crippen molar-refractivity contribution < 1.29 is 9.59 Å². The highest BCUT2D eigenvalue weighted by molar-refractivity contribution is 6.06. The molecule has 6 rings (SSSR count). The van der Waals surface area contributed by atoms with Crippen molar-refractivity contribution in [2.24, 2.45) is 0 Å². The number of carbonyl (C=O) groups excluding carboxylic acids is 2. The zero-order valence-corrected chi connectivity index (χ0v) is 22.4. The van der Waals surface area contributed by atoms with E-state index in [1.165, 1.54) is 6.08 Å². The highest BCUT2D eigenvalue weighted by atomic mass is 16.2. The topological polar surface area (TPSA) is 113 Å². The third kappa shape index (κ3) is 5.61. The third-order valence-electron chi connectivity index (χ3n) is 6.48. The van der Waals surface area contributed by atoms with E-state index in [2.05, 4.69) is 27.5 Å². The molecule has 0 aliphatic carbocycles. The summed E-state index contributed by atoms with van der Waals surface area (Å²) in [5, 5.41) is 13.6. The summed E-state index contributed by atoms with van der Waals surface area (Å²) < 4.78 is 1.85. The second-order valence-corrected chi connectivity index (χ2v) is 9.32. The maximum Gasteiger partial charge on any atom is 0.255 e. The van der Waals surface area contributed by atoms with Gasteiger partial charge >= 0.3 is 0 Å². The van der Waals surface area contributed by atoms with Gasteiger partial charge in [-0.15, -0.1) is 0 Å². The number of aromatic nitrogens is 4. The molecule has 42 heavy (non-hydrogen) atoms. The van der Waals surface area contributed by atoms with Crippen molar-refractivity contribution in [1.29, 1.82) is 0 Å². The lowest BCUT2D eigenvalue weighted by atomic mass is 10.0. The van der Waals surface area contributed by atoms with Gasteiger partial charge in [-0.2, -0.15) is 5.10 Å². The average Bonchev–Trinajstić information content (AvgIpc) is 3.42. The molecule has 0 bridgehead atoms. The highest BCUT2D eigenvalue weighted by Gasteiger charge is 2.18. The van der Waals surface area contributed by atoms with Crippen molar-refractivity contribution in [2.45, 2.75) is 0 Å². The molecule has 2 amide bonds. The third-order valence-corrected chi connectivity index (χ3v) is 6.48. The van der Waals surface area contributed by atoms with Gasteiger partial charge in [0.15, 0.2) is 0 Å². The van der Waals surface area contributed by atoms with Gasteiger partial charge in [0, 0.05) is 40.6 Å². The Hall–Kier alpha value is -6.09. The molecular formula is C33H25N7O2. The first-order valence-corrected chi connectivity index (χ1v) is 13.2. The molecule has 3 heterocycles. The maximum absolute atomic E-state index is 12.8. The number of benzene rings is 3. The number of hydrogen-bond acceptors (Lipinski definition) is 6. The lowest BCUT2D eigenvalue weighted by molar-refractivity contribution is -0.111. The normalized spacial score (nSPS) is 10.7. The Kier molecular flexibility index (Phi) is 7.20. The van der Waals surface area contributed by atoms with Crippen LogP contribution in [-0.4, -0.2) is 31.4 Å². The molecule has 0 atom stereocenters. The van der Waals surface area contributed by atoms with Gasteiger partial charge in [0.2, 0.25) is 11.9 Å². The molecule has 3 aromatic carbocycles. The highest BCUT2D eigenvalue weighted by Crippen LogP contribution is 2.34. The Morgan fingerprint density at radius 2 is 1.57 bits per heavy atom. The van der Waals surface area contributed by atoms with Crippen LogP contribution in [0.2, 0.25) is 0 Å². The number of nitrogens with zero attached hydrogens (tertiary/aromatic N) is 4. The summed E-state index contributed by atoms with van der Waals surface area (Å²) in [5.74, 6) is -0.221. The zero-order chi connectivity index (χ0) is 28.9. The van der Waals surface area contributed by atoms with E-state index >= 15 is 0 Å². The van der Waals surface area contributed by atoms with Gasteiger partial charge in [-0.25, -0.2) is 14.5 Å². The summed E-state index contributed by atoms with van der Waals surface area (Å²) in [6.45, 7) is 3.44. The van der Waals surface area contributed by atoms with E-state index < -0.39 is 0 Å². The van der Waals surface area contributed by atoms with E-state index in [1.807, 2.05) is 77.4 Å². The Balaban J connectivity index is 1.20. The van der Waals surface area contributed by atoms with E-state index in [9.17, 15) is 9.59 Å². The summed E-state index contributed by atoms with van der Waals surface area (Å²) in [7, 11) is 0. The average molecular weight is 552 g/mol. The van der Waals surface area contributed by atoms with E-state index in [4.69, 9.17) is 10.1 Å². The predicted octanol–water partition coefficient (Wildman–Crippen LogP) is 6.58. The minimum atomic E-state index is -0.347. The molecule has 6 aromatic rings. The minimum absolute atomic E-state index is 0.302. The van der Waals surface area contributed by atoms with Gasteiger partial charge in [-0.1, -0.05) is 49.0 Å². The van der Waals surface area contributed by atoms with Gasteiger partial charge in [0.05, 0.1) is 16.8 Å². The van der Waals surface area contributed by atoms with Crippen LogP contribution in [-0.2, 0) is 4.79 Å². The molecule has 9 nitrogen and oxygen atoms in total. The molecule has 0 unspecified atom stereocenters. The lowest BCUT2D eigenvalue weighted by Gasteiger charge is -2.10. The van der Waals surface area contributed by atoms with Crippen LogP contribution in [0.4, 0.5) is 23.0 Å². The molecule has 3 N–H and O–H groups in total. The van der Waals surface area contributed by atoms with Crippen molar-refractivity contribution in [2.75, 3.05) is 16.0 Å². The first kappa shape index (κ1) is 26.1. The SMILES string of the molecule is C=CC(=O)Nc1cccc(C(=O)Nc2ccc(Nc3nccc(-c4c(-c5ccccc5)nn5ccccc45)n3)cc2)c1. The molecule has 0 saturated carbocycles. The monoisotopic (exact) mass is 551 g/mol. The van der Waals surface area contributed by atoms with Crippen LogP contribution < -0.4 is 16.0 Å². The second-order valence-electron chi connectivity index (χ2n) is 9.32. The van der Waals surface area contributed by atoms with Crippen LogP contribution in [0.25, 0.3) is 28.0 Å². The fraction of sp³-hybridized carbons (Fsp3) is 0. The van der Waals surface area contributed by atoms with E-state index in [1.54, 1.807) is 42.6 Å². The van der Waals surface area contributed by atoms with Gasteiger partial charge < -0.3 is 16.0 Å². The fourth-order valence-electron chi connectivity index (χ4n) is 4.51. The van der Waals surface area contributed by atoms with Crippen LogP contribution in [0, 0.1) is 0 Å². The first-order chi connectivity index (χ1) is 20.6. The number of anilines is 4. The Morgan fingerprint density at radius 3 is 2.38 bits per heavy atom. The Bertz CT molecular complexity index is 1920. The van der Waals surface area contributed by atoms with Gasteiger partial charge in [0.1, 0.15) is 5.69 Å². The van der Waals surface area contributed by atoms with Crippen LogP contribution in [0.1, 0.15) is 10.4 Å². The Morgan fingerprint density at radius 1 is 0.786 bits per heavy atom. The van der Waals surface area contributed by atoms with Gasteiger partial charge in [-0.05, 0) is 66.7 Å². The summed E-state index contributed by atoms with van der Waals surface area (Å²) in [4.78, 5) is 33.6. The lowest BCUT2D eigenvalue weighted by Crippen LogP contribution is -2.13. The van der Waals surface area contributed by atoms with Gasteiger partial charge in [-0.3, -0.25) is 9.59 Å².